The average Bonchev–Trinajstić information content (AvgIpc) is 2.85. The van der Waals surface area contributed by atoms with E-state index in [1.165, 1.54) is 12.1 Å². The summed E-state index contributed by atoms with van der Waals surface area (Å²) < 4.78 is 5.42. The molecule has 1 saturated heterocycles. The fourth-order valence-corrected chi connectivity index (χ4v) is 3.21. The van der Waals surface area contributed by atoms with Crippen LogP contribution in [0.2, 0.25) is 0 Å². The lowest BCUT2D eigenvalue weighted by atomic mass is 10.1. The molecule has 0 aliphatic carbocycles. The van der Waals surface area contributed by atoms with Crippen LogP contribution in [0.15, 0.2) is 65.3 Å². The molecule has 2 heterocycles. The minimum atomic E-state index is -0.447. The van der Waals surface area contributed by atoms with E-state index < -0.39 is 4.92 Å². The summed E-state index contributed by atoms with van der Waals surface area (Å²) in [4.78, 5) is 25.8. The third-order valence-corrected chi connectivity index (χ3v) is 4.88. The highest BCUT2D eigenvalue weighted by molar-refractivity contribution is 5.85. The highest BCUT2D eigenvalue weighted by Crippen LogP contribution is 2.21. The third-order valence-electron chi connectivity index (χ3n) is 4.88. The van der Waals surface area contributed by atoms with Gasteiger partial charge in [0.1, 0.15) is 0 Å². The van der Waals surface area contributed by atoms with Crippen LogP contribution in [-0.4, -0.2) is 52.4 Å². The molecule has 2 aromatic carbocycles. The van der Waals surface area contributed by atoms with Crippen LogP contribution < -0.4 is 15.6 Å². The number of hydrazone groups is 1. The topological polar surface area (TPSA) is 131 Å². The predicted molar refractivity (Wildman–Crippen MR) is 131 cm³/mol. The number of nitrogens with one attached hydrogen (secondary N) is 2. The number of hydrogen-bond acceptors (Lipinski definition) is 10. The summed E-state index contributed by atoms with van der Waals surface area (Å²) in [6.45, 7) is 4.43. The molecule has 0 bridgehead atoms. The van der Waals surface area contributed by atoms with E-state index in [0.717, 1.165) is 11.1 Å². The third kappa shape index (κ3) is 6.33. The standard InChI is InChI=1S/C23H24N8O3/c1-17(15-18-5-3-2-4-6-18)16-24-29-22-26-21(25-19-7-9-20(10-8-19)31(32)33)27-23(28-22)30-11-13-34-14-12-30/h2-10,15-16H,11-14H2,1H3,(H2,25,26,27,28,29)/b17-15+,24-16?. The van der Waals surface area contributed by atoms with Crippen molar-refractivity contribution in [2.75, 3.05) is 41.9 Å². The molecule has 0 spiro atoms. The van der Waals surface area contributed by atoms with E-state index in [1.807, 2.05) is 48.2 Å². The Morgan fingerprint density at radius 1 is 1.06 bits per heavy atom. The van der Waals surface area contributed by atoms with E-state index in [4.69, 9.17) is 4.74 Å². The molecular formula is C23H24N8O3. The second-order valence-electron chi connectivity index (χ2n) is 7.48. The van der Waals surface area contributed by atoms with Gasteiger partial charge >= 0.3 is 0 Å². The van der Waals surface area contributed by atoms with Crippen LogP contribution in [0.5, 0.6) is 0 Å². The van der Waals surface area contributed by atoms with Gasteiger partial charge in [-0.05, 0) is 30.2 Å². The lowest BCUT2D eigenvalue weighted by Crippen LogP contribution is -2.37. The zero-order valence-corrected chi connectivity index (χ0v) is 18.6. The number of benzene rings is 2. The first-order valence-corrected chi connectivity index (χ1v) is 10.7. The van der Waals surface area contributed by atoms with Crippen molar-refractivity contribution >= 4 is 41.5 Å². The summed E-state index contributed by atoms with van der Waals surface area (Å²) in [6, 6.07) is 16.0. The fraction of sp³-hybridized carbons (Fsp3) is 0.217. The quantitative estimate of drug-likeness (QED) is 0.292. The summed E-state index contributed by atoms with van der Waals surface area (Å²) in [5.41, 5.74) is 5.52. The zero-order chi connectivity index (χ0) is 23.8. The largest absolute Gasteiger partial charge is 0.378 e. The number of morpholine rings is 1. The monoisotopic (exact) mass is 460 g/mol. The SMILES string of the molecule is C/C(C=NNc1nc(Nc2ccc([N+](=O)[O-])cc2)nc(N2CCOCC2)n1)=C\c1ccccc1. The van der Waals surface area contributed by atoms with E-state index in [1.54, 1.807) is 18.3 Å². The van der Waals surface area contributed by atoms with Gasteiger partial charge < -0.3 is 15.0 Å². The van der Waals surface area contributed by atoms with Crippen molar-refractivity contribution in [2.45, 2.75) is 6.92 Å². The maximum atomic E-state index is 10.9. The molecule has 0 radical (unpaired) electrons. The Labute approximate surface area is 196 Å². The van der Waals surface area contributed by atoms with E-state index in [0.29, 0.717) is 43.9 Å². The molecule has 1 aliphatic rings. The van der Waals surface area contributed by atoms with Gasteiger partial charge in [0.2, 0.25) is 17.8 Å². The molecule has 0 saturated carbocycles. The lowest BCUT2D eigenvalue weighted by molar-refractivity contribution is -0.384. The van der Waals surface area contributed by atoms with Gasteiger partial charge in [-0.25, -0.2) is 5.43 Å². The highest BCUT2D eigenvalue weighted by atomic mass is 16.6. The van der Waals surface area contributed by atoms with Crippen molar-refractivity contribution in [2.24, 2.45) is 5.10 Å². The van der Waals surface area contributed by atoms with Gasteiger partial charge in [0.25, 0.3) is 5.69 Å². The number of nitro benzene ring substituents is 1. The first-order chi connectivity index (χ1) is 16.6. The average molecular weight is 460 g/mol. The molecule has 0 amide bonds. The summed E-state index contributed by atoms with van der Waals surface area (Å²) in [5, 5.41) is 18.2. The van der Waals surface area contributed by atoms with E-state index >= 15 is 0 Å². The van der Waals surface area contributed by atoms with Gasteiger partial charge in [-0.2, -0.15) is 20.1 Å². The fourth-order valence-electron chi connectivity index (χ4n) is 3.21. The number of ether oxygens (including phenoxy) is 1. The number of nitrogens with zero attached hydrogens (tertiary/aromatic N) is 6. The predicted octanol–water partition coefficient (Wildman–Crippen LogP) is 3.86. The number of aromatic nitrogens is 3. The van der Waals surface area contributed by atoms with E-state index in [2.05, 4.69) is 30.8 Å². The first-order valence-electron chi connectivity index (χ1n) is 10.7. The Kier molecular flexibility index (Phi) is 7.35. The molecule has 34 heavy (non-hydrogen) atoms. The molecule has 174 valence electrons. The van der Waals surface area contributed by atoms with Crippen LogP contribution >= 0.6 is 0 Å². The number of nitro groups is 1. The molecule has 4 rings (SSSR count). The van der Waals surface area contributed by atoms with Crippen LogP contribution in [-0.2, 0) is 4.74 Å². The van der Waals surface area contributed by atoms with E-state index in [-0.39, 0.29) is 11.6 Å². The second kappa shape index (κ2) is 11.0. The maximum absolute atomic E-state index is 10.9. The molecule has 1 aromatic heterocycles. The molecule has 3 aromatic rings. The van der Waals surface area contributed by atoms with Crippen molar-refractivity contribution in [3.8, 4) is 0 Å². The molecular weight excluding hydrogens is 436 g/mol. The van der Waals surface area contributed by atoms with Crippen LogP contribution in [0.1, 0.15) is 12.5 Å². The van der Waals surface area contributed by atoms with Crippen LogP contribution in [0.25, 0.3) is 6.08 Å². The van der Waals surface area contributed by atoms with E-state index in [9.17, 15) is 10.1 Å². The highest BCUT2D eigenvalue weighted by Gasteiger charge is 2.17. The Hall–Kier alpha value is -4.38. The zero-order valence-electron chi connectivity index (χ0n) is 18.6. The van der Waals surface area contributed by atoms with Gasteiger partial charge in [0.15, 0.2) is 0 Å². The van der Waals surface area contributed by atoms with Crippen molar-refractivity contribution in [1.82, 2.24) is 15.0 Å². The number of allylic oxidation sites excluding steroid dienone is 1. The van der Waals surface area contributed by atoms with Crippen molar-refractivity contribution in [1.29, 1.82) is 0 Å². The van der Waals surface area contributed by atoms with Crippen LogP contribution in [0.3, 0.4) is 0 Å². The number of non-ortho nitro benzene ring substituents is 1. The molecule has 0 atom stereocenters. The van der Waals surface area contributed by atoms with Crippen LogP contribution in [0.4, 0.5) is 29.2 Å². The summed E-state index contributed by atoms with van der Waals surface area (Å²) in [5.74, 6) is 1.04. The minimum Gasteiger partial charge on any atom is -0.378 e. The van der Waals surface area contributed by atoms with Gasteiger partial charge in [-0.1, -0.05) is 36.4 Å². The molecule has 11 heteroatoms. The van der Waals surface area contributed by atoms with Gasteiger partial charge in [-0.15, -0.1) is 0 Å². The van der Waals surface area contributed by atoms with Crippen molar-refractivity contribution in [3.63, 3.8) is 0 Å². The number of hydrogen-bond donors (Lipinski definition) is 2. The summed E-state index contributed by atoms with van der Waals surface area (Å²) in [7, 11) is 0. The van der Waals surface area contributed by atoms with Crippen molar-refractivity contribution in [3.05, 3.63) is 75.8 Å². The molecule has 0 unspecified atom stereocenters. The first kappa shape index (κ1) is 22.8. The molecule has 1 fully saturated rings. The minimum absolute atomic E-state index is 0.00539. The molecule has 2 N–H and O–H groups in total. The lowest BCUT2D eigenvalue weighted by Gasteiger charge is -2.27. The van der Waals surface area contributed by atoms with Gasteiger partial charge in [0.05, 0.1) is 24.4 Å². The number of rotatable bonds is 8. The Morgan fingerprint density at radius 2 is 1.76 bits per heavy atom. The Balaban J connectivity index is 1.53. The number of anilines is 4. The Morgan fingerprint density at radius 3 is 2.47 bits per heavy atom. The Bertz CT molecular complexity index is 1180. The normalized spacial score (nSPS) is 14.3. The van der Waals surface area contributed by atoms with Gasteiger partial charge in [-0.3, -0.25) is 10.1 Å². The smallest absolute Gasteiger partial charge is 0.269 e. The van der Waals surface area contributed by atoms with Crippen molar-refractivity contribution < 1.29 is 9.66 Å². The summed E-state index contributed by atoms with van der Waals surface area (Å²) in [6.07, 6.45) is 3.70. The summed E-state index contributed by atoms with van der Waals surface area (Å²) >= 11 is 0. The van der Waals surface area contributed by atoms with Crippen LogP contribution in [0, 0.1) is 10.1 Å². The molecule has 1 aliphatic heterocycles. The maximum Gasteiger partial charge on any atom is 0.269 e. The van der Waals surface area contributed by atoms with Gasteiger partial charge in [0, 0.05) is 30.9 Å². The molecule has 11 nitrogen and oxygen atoms in total. The second-order valence-corrected chi connectivity index (χ2v) is 7.48.